The predicted octanol–water partition coefficient (Wildman–Crippen LogP) is 4.29. The Hall–Kier alpha value is -1.83. The molecule has 0 radical (unpaired) electrons. The second kappa shape index (κ2) is 4.69. The van der Waals surface area contributed by atoms with E-state index < -0.39 is 0 Å². The minimum Gasteiger partial charge on any atom is -0.396 e. The summed E-state index contributed by atoms with van der Waals surface area (Å²) in [6.45, 7) is 0. The van der Waals surface area contributed by atoms with Crippen molar-refractivity contribution in [2.75, 3.05) is 5.73 Å². The summed E-state index contributed by atoms with van der Waals surface area (Å²) in [5.74, 6) is 2.60. The molecule has 92 valence electrons. The van der Waals surface area contributed by atoms with E-state index in [2.05, 4.69) is 26.8 Å². The number of terminal acetylenes is 1. The highest BCUT2D eigenvalue weighted by atomic mass is 79.9. The number of fused-ring (bicyclic) bond motifs is 1. The van der Waals surface area contributed by atoms with Gasteiger partial charge in [-0.3, -0.25) is 0 Å². The molecule has 3 aromatic rings. The first-order chi connectivity index (χ1) is 9.19. The Balaban J connectivity index is 2.17. The van der Waals surface area contributed by atoms with Gasteiger partial charge in [0.1, 0.15) is 9.71 Å². The predicted molar refractivity (Wildman–Crippen MR) is 85.1 cm³/mol. The zero-order valence-electron chi connectivity index (χ0n) is 9.85. The van der Waals surface area contributed by atoms with Crippen LogP contribution in [0.15, 0.2) is 40.9 Å². The fraction of sp³-hybridized carbons (Fsp3) is 0. The zero-order valence-corrected chi connectivity index (χ0v) is 12.3. The summed E-state index contributed by atoms with van der Waals surface area (Å²) in [6.07, 6.45) is 5.43. The van der Waals surface area contributed by atoms with Gasteiger partial charge in [0.05, 0.1) is 11.4 Å². The minimum absolute atomic E-state index is 0.650. The van der Waals surface area contributed by atoms with Crippen molar-refractivity contribution < 1.29 is 0 Å². The molecule has 0 unspecified atom stereocenters. The fourth-order valence-corrected chi connectivity index (χ4v) is 3.05. The number of aromatic nitrogens is 1. The highest BCUT2D eigenvalue weighted by Gasteiger charge is 2.10. The van der Waals surface area contributed by atoms with Gasteiger partial charge in [-0.25, -0.2) is 4.98 Å². The molecule has 0 fully saturated rings. The number of hydrogen-bond acceptors (Lipinski definition) is 3. The maximum atomic E-state index is 5.98. The molecule has 0 amide bonds. The molecule has 2 heterocycles. The molecule has 0 aliphatic rings. The molecule has 0 atom stereocenters. The summed E-state index contributed by atoms with van der Waals surface area (Å²) in [7, 11) is 0. The lowest BCUT2D eigenvalue weighted by molar-refractivity contribution is 1.42. The number of thiophene rings is 1. The van der Waals surface area contributed by atoms with E-state index in [0.29, 0.717) is 5.69 Å². The van der Waals surface area contributed by atoms with Crippen LogP contribution in [0.4, 0.5) is 5.69 Å². The van der Waals surface area contributed by atoms with Crippen molar-refractivity contribution >= 4 is 43.2 Å². The van der Waals surface area contributed by atoms with Gasteiger partial charge in [-0.05, 0) is 24.3 Å². The molecule has 19 heavy (non-hydrogen) atoms. The molecule has 3 rings (SSSR count). The second-order valence-corrected chi connectivity index (χ2v) is 5.96. The minimum atomic E-state index is 0.650. The van der Waals surface area contributed by atoms with Crippen LogP contribution in [0.5, 0.6) is 0 Å². The molecule has 0 spiro atoms. The molecule has 2 nitrogen and oxygen atoms in total. The first-order valence-electron chi connectivity index (χ1n) is 5.60. The first kappa shape index (κ1) is 12.2. The van der Waals surface area contributed by atoms with Crippen LogP contribution in [0.2, 0.25) is 0 Å². The van der Waals surface area contributed by atoms with Gasteiger partial charge in [0, 0.05) is 15.4 Å². The van der Waals surface area contributed by atoms with Crippen molar-refractivity contribution in [2.45, 2.75) is 0 Å². The van der Waals surface area contributed by atoms with Gasteiger partial charge in [0.15, 0.2) is 0 Å². The average molecular weight is 329 g/mol. The average Bonchev–Trinajstić information content (AvgIpc) is 2.76. The Bertz CT molecular complexity index is 797. The maximum absolute atomic E-state index is 5.98. The topological polar surface area (TPSA) is 38.9 Å². The van der Waals surface area contributed by atoms with E-state index in [1.54, 1.807) is 0 Å². The van der Waals surface area contributed by atoms with E-state index in [9.17, 15) is 0 Å². The van der Waals surface area contributed by atoms with Crippen LogP contribution >= 0.6 is 27.3 Å². The van der Waals surface area contributed by atoms with Gasteiger partial charge in [0.2, 0.25) is 0 Å². The molecule has 0 bridgehead atoms. The van der Waals surface area contributed by atoms with Crippen LogP contribution < -0.4 is 5.73 Å². The summed E-state index contributed by atoms with van der Waals surface area (Å²) < 4.78 is 1.05. The lowest BCUT2D eigenvalue weighted by atomic mass is 10.1. The fourth-order valence-electron chi connectivity index (χ4n) is 1.89. The molecule has 0 aliphatic heterocycles. The highest BCUT2D eigenvalue weighted by molar-refractivity contribution is 9.10. The second-order valence-electron chi connectivity index (χ2n) is 4.05. The highest BCUT2D eigenvalue weighted by Crippen LogP contribution is 2.33. The van der Waals surface area contributed by atoms with Crippen molar-refractivity contribution in [3.63, 3.8) is 0 Å². The Morgan fingerprint density at radius 2 is 1.89 bits per heavy atom. The largest absolute Gasteiger partial charge is 0.396 e. The van der Waals surface area contributed by atoms with Gasteiger partial charge in [0.25, 0.3) is 0 Å². The van der Waals surface area contributed by atoms with E-state index in [1.807, 2.05) is 36.4 Å². The number of anilines is 1. The first-order valence-corrected chi connectivity index (χ1v) is 7.21. The van der Waals surface area contributed by atoms with Crippen molar-refractivity contribution in [2.24, 2.45) is 0 Å². The lowest BCUT2D eigenvalue weighted by Gasteiger charge is -2.01. The molecule has 1 aromatic carbocycles. The van der Waals surface area contributed by atoms with Gasteiger partial charge in [-0.15, -0.1) is 17.8 Å². The van der Waals surface area contributed by atoms with Crippen LogP contribution in [-0.4, -0.2) is 4.98 Å². The number of nitrogens with zero attached hydrogens (tertiary/aromatic N) is 1. The molecule has 4 heteroatoms. The molecule has 0 aliphatic carbocycles. The van der Waals surface area contributed by atoms with Gasteiger partial charge in [-0.1, -0.05) is 34.0 Å². The quantitative estimate of drug-likeness (QED) is 0.677. The van der Waals surface area contributed by atoms with E-state index in [0.717, 1.165) is 30.8 Å². The van der Waals surface area contributed by atoms with Crippen molar-refractivity contribution in [3.8, 4) is 23.6 Å². The van der Waals surface area contributed by atoms with Crippen LogP contribution in [-0.2, 0) is 0 Å². The molecule has 0 saturated carbocycles. The van der Waals surface area contributed by atoms with Crippen molar-refractivity contribution in [1.29, 1.82) is 0 Å². The van der Waals surface area contributed by atoms with Gasteiger partial charge in [-0.2, -0.15) is 0 Å². The SMILES string of the molecule is C#Cc1sc2nc(-c3ccc(Br)cc3)ccc2c1N. The van der Waals surface area contributed by atoms with E-state index >= 15 is 0 Å². The van der Waals surface area contributed by atoms with E-state index in [4.69, 9.17) is 12.2 Å². The van der Waals surface area contributed by atoms with Gasteiger partial charge < -0.3 is 5.73 Å². The Morgan fingerprint density at radius 3 is 2.58 bits per heavy atom. The van der Waals surface area contributed by atoms with Crippen LogP contribution in [0.1, 0.15) is 4.88 Å². The van der Waals surface area contributed by atoms with Crippen LogP contribution in [0.3, 0.4) is 0 Å². The van der Waals surface area contributed by atoms with Crippen LogP contribution in [0, 0.1) is 12.3 Å². The van der Waals surface area contributed by atoms with E-state index in [-0.39, 0.29) is 0 Å². The molecular formula is C15H9BrN2S. The summed E-state index contributed by atoms with van der Waals surface area (Å²) in [4.78, 5) is 6.26. The number of hydrogen-bond donors (Lipinski definition) is 1. The Kier molecular flexibility index (Phi) is 3.02. The number of nitrogens with two attached hydrogens (primary N) is 1. The molecule has 0 saturated heterocycles. The number of nitrogen functional groups attached to an aromatic ring is 1. The number of halogens is 1. The monoisotopic (exact) mass is 328 g/mol. The summed E-state index contributed by atoms with van der Waals surface area (Å²) in [6, 6.07) is 12.0. The third kappa shape index (κ3) is 2.12. The van der Waals surface area contributed by atoms with Crippen LogP contribution in [0.25, 0.3) is 21.5 Å². The summed E-state index contributed by atoms with van der Waals surface area (Å²) >= 11 is 4.88. The van der Waals surface area contributed by atoms with Crippen molar-refractivity contribution in [1.82, 2.24) is 4.98 Å². The number of benzene rings is 1. The lowest BCUT2D eigenvalue weighted by Crippen LogP contribution is -1.86. The standard InChI is InChI=1S/C15H9BrN2S/c1-2-13-14(17)11-7-8-12(18-15(11)19-13)9-3-5-10(16)6-4-9/h1,3-8H,17H2. The van der Waals surface area contributed by atoms with Crippen molar-refractivity contribution in [3.05, 3.63) is 45.7 Å². The van der Waals surface area contributed by atoms with Gasteiger partial charge >= 0.3 is 0 Å². The number of rotatable bonds is 1. The normalized spacial score (nSPS) is 10.5. The molecule has 2 aromatic heterocycles. The smallest absolute Gasteiger partial charge is 0.127 e. The summed E-state index contributed by atoms with van der Waals surface area (Å²) in [5.41, 5.74) is 8.62. The maximum Gasteiger partial charge on any atom is 0.127 e. The third-order valence-corrected chi connectivity index (χ3v) is 4.44. The number of pyridine rings is 1. The summed E-state index contributed by atoms with van der Waals surface area (Å²) in [5, 5.41) is 0.929. The Labute approximate surface area is 123 Å². The molecule has 2 N–H and O–H groups in total. The molecular weight excluding hydrogens is 320 g/mol. The third-order valence-electron chi connectivity index (χ3n) is 2.86. The Morgan fingerprint density at radius 1 is 1.16 bits per heavy atom. The zero-order chi connectivity index (χ0) is 13.4. The van der Waals surface area contributed by atoms with E-state index in [1.165, 1.54) is 11.3 Å².